The van der Waals surface area contributed by atoms with E-state index in [-0.39, 0.29) is 10.6 Å². The Hall–Kier alpha value is -1.48. The Labute approximate surface area is 206 Å². The van der Waals surface area contributed by atoms with Crippen LogP contribution in [-0.4, -0.2) is 31.2 Å². The number of thiazole rings is 1. The zero-order valence-electron chi connectivity index (χ0n) is 21.6. The molecule has 0 amide bonds. The molecule has 0 aliphatic heterocycles. The molecule has 3 nitrogen and oxygen atoms in total. The van der Waals surface area contributed by atoms with Crippen LogP contribution in [0.4, 0.5) is 13.2 Å². The summed E-state index contributed by atoms with van der Waals surface area (Å²) in [5.74, 6) is 0. The Morgan fingerprint density at radius 2 is 1.76 bits per heavy atom. The minimum atomic E-state index is -4.81. The number of hydrogen-bond acceptors (Lipinski definition) is 4. The molecule has 1 N–H and O–H groups in total. The number of rotatable bonds is 9. The van der Waals surface area contributed by atoms with Gasteiger partial charge in [0.15, 0.2) is 13.9 Å². The Morgan fingerprint density at radius 1 is 1.12 bits per heavy atom. The molecule has 0 aliphatic carbocycles. The molecule has 0 bridgehead atoms. The van der Waals surface area contributed by atoms with Gasteiger partial charge in [-0.25, -0.2) is 4.98 Å². The Morgan fingerprint density at radius 3 is 2.35 bits per heavy atom. The lowest BCUT2D eigenvalue weighted by atomic mass is 9.88. The van der Waals surface area contributed by atoms with E-state index in [1.54, 1.807) is 13.0 Å². The second-order valence-corrected chi connectivity index (χ2v) is 16.7. The van der Waals surface area contributed by atoms with Crippen LogP contribution in [0.1, 0.15) is 64.5 Å². The van der Waals surface area contributed by atoms with E-state index in [0.29, 0.717) is 25.0 Å². The smallest absolute Gasteiger partial charge is 0.413 e. The fraction of sp³-hybridized carbons (Fsp3) is 0.577. The van der Waals surface area contributed by atoms with Gasteiger partial charge in [0, 0.05) is 6.42 Å². The third-order valence-electron chi connectivity index (χ3n) is 6.69. The first-order valence-corrected chi connectivity index (χ1v) is 15.3. The normalized spacial score (nSPS) is 16.2. The predicted molar refractivity (Wildman–Crippen MR) is 139 cm³/mol. The fourth-order valence-electron chi connectivity index (χ4n) is 3.24. The summed E-state index contributed by atoms with van der Waals surface area (Å²) in [5, 5.41) is 11.7. The maximum atomic E-state index is 14.0. The molecule has 0 fully saturated rings. The van der Waals surface area contributed by atoms with Crippen LogP contribution < -0.4 is 0 Å². The van der Waals surface area contributed by atoms with Crippen LogP contribution >= 0.6 is 11.3 Å². The summed E-state index contributed by atoms with van der Waals surface area (Å²) in [6, 6.07) is 4.30. The zero-order valence-corrected chi connectivity index (χ0v) is 23.4. The number of alkyl halides is 3. The number of fused-ring (bicyclic) bond motifs is 1. The van der Waals surface area contributed by atoms with Gasteiger partial charge in [-0.2, -0.15) is 13.2 Å². The van der Waals surface area contributed by atoms with E-state index < -0.39 is 26.5 Å². The van der Waals surface area contributed by atoms with Crippen molar-refractivity contribution in [1.29, 1.82) is 0 Å². The van der Waals surface area contributed by atoms with Gasteiger partial charge in [-0.15, -0.1) is 11.3 Å². The van der Waals surface area contributed by atoms with E-state index >= 15 is 0 Å². The third-order valence-corrected chi connectivity index (χ3v) is 12.1. The molecular weight excluding hydrogens is 475 g/mol. The molecule has 2 aromatic rings. The molecule has 0 saturated heterocycles. The average Bonchev–Trinajstić information content (AvgIpc) is 3.08. The fourth-order valence-corrected chi connectivity index (χ4v) is 5.07. The number of aromatic nitrogens is 1. The molecule has 1 heterocycles. The van der Waals surface area contributed by atoms with Gasteiger partial charge < -0.3 is 9.53 Å². The quantitative estimate of drug-likeness (QED) is 0.270. The minimum Gasteiger partial charge on any atom is -0.413 e. The van der Waals surface area contributed by atoms with Crippen LogP contribution in [0, 0.1) is 6.92 Å². The summed E-state index contributed by atoms with van der Waals surface area (Å²) in [6.45, 7) is 17.2. The average molecular weight is 514 g/mol. The molecule has 1 aromatic carbocycles. The van der Waals surface area contributed by atoms with Crippen LogP contribution in [0.5, 0.6) is 0 Å². The van der Waals surface area contributed by atoms with Crippen molar-refractivity contribution in [2.24, 2.45) is 0 Å². The second kappa shape index (κ2) is 10.6. The van der Waals surface area contributed by atoms with Crippen molar-refractivity contribution in [2.75, 3.05) is 6.61 Å². The van der Waals surface area contributed by atoms with Crippen LogP contribution in [0.3, 0.4) is 0 Å². The molecule has 0 saturated carbocycles. The number of aryl methyl sites for hydroxylation is 1. The van der Waals surface area contributed by atoms with Crippen LogP contribution in [0.25, 0.3) is 10.2 Å². The van der Waals surface area contributed by atoms with Crippen LogP contribution in [0.2, 0.25) is 18.1 Å². The lowest BCUT2D eigenvalue weighted by Gasteiger charge is -2.36. The van der Waals surface area contributed by atoms with Crippen molar-refractivity contribution in [3.05, 3.63) is 52.1 Å². The molecule has 0 spiro atoms. The Kier molecular flexibility index (Phi) is 9.00. The second-order valence-electron chi connectivity index (χ2n) is 10.7. The van der Waals surface area contributed by atoms with Crippen molar-refractivity contribution in [3.8, 4) is 0 Å². The summed E-state index contributed by atoms with van der Waals surface area (Å²) in [7, 11) is -1.82. The highest BCUT2D eigenvalue weighted by Gasteiger charge is 2.54. The van der Waals surface area contributed by atoms with Gasteiger partial charge in [0.05, 0.1) is 21.8 Å². The van der Waals surface area contributed by atoms with Gasteiger partial charge in [-0.3, -0.25) is 0 Å². The van der Waals surface area contributed by atoms with Crippen LogP contribution in [0.15, 0.2) is 41.5 Å². The SMILES string of the molecule is CC(=CCC(O)(c1ccc2sc(C)nc2c1)C(F)(F)F)CCC=C(C)CO[Si](C)(C)C(C)(C)C. The first-order chi connectivity index (χ1) is 15.5. The topological polar surface area (TPSA) is 42.4 Å². The molecule has 34 heavy (non-hydrogen) atoms. The molecule has 2 rings (SSSR count). The highest BCUT2D eigenvalue weighted by atomic mass is 32.1. The number of benzene rings is 1. The molecule has 1 unspecified atom stereocenters. The maximum Gasteiger partial charge on any atom is 0.421 e. The summed E-state index contributed by atoms with van der Waals surface area (Å²) in [6.07, 6.45) is -0.425. The van der Waals surface area contributed by atoms with Gasteiger partial charge in [0.2, 0.25) is 0 Å². The van der Waals surface area contributed by atoms with E-state index in [0.717, 1.165) is 20.9 Å². The van der Waals surface area contributed by atoms with Crippen molar-refractivity contribution >= 4 is 29.9 Å². The van der Waals surface area contributed by atoms with Crippen molar-refractivity contribution < 1.29 is 22.7 Å². The van der Waals surface area contributed by atoms with Gasteiger partial charge >= 0.3 is 6.18 Å². The Balaban J connectivity index is 2.06. The van der Waals surface area contributed by atoms with Gasteiger partial charge in [-0.05, 0) is 69.4 Å². The summed E-state index contributed by atoms with van der Waals surface area (Å²) >= 11 is 1.42. The monoisotopic (exact) mass is 513 g/mol. The van der Waals surface area contributed by atoms with Crippen LogP contribution in [-0.2, 0) is 10.0 Å². The van der Waals surface area contributed by atoms with Crippen molar-refractivity contribution in [3.63, 3.8) is 0 Å². The van der Waals surface area contributed by atoms with Crippen molar-refractivity contribution in [1.82, 2.24) is 4.98 Å². The summed E-state index contributed by atoms with van der Waals surface area (Å²) in [5.41, 5.74) is -0.730. The molecule has 190 valence electrons. The Bertz CT molecular complexity index is 1050. The zero-order chi connectivity index (χ0) is 25.9. The first-order valence-electron chi connectivity index (χ1n) is 11.6. The largest absolute Gasteiger partial charge is 0.421 e. The summed E-state index contributed by atoms with van der Waals surface area (Å²) < 4.78 is 48.9. The van der Waals surface area contributed by atoms with E-state index in [4.69, 9.17) is 4.43 Å². The number of halogens is 3. The third kappa shape index (κ3) is 7.03. The first kappa shape index (κ1) is 28.8. The highest BCUT2D eigenvalue weighted by Crippen LogP contribution is 2.43. The van der Waals surface area contributed by atoms with Gasteiger partial charge in [0.25, 0.3) is 0 Å². The minimum absolute atomic E-state index is 0.144. The highest BCUT2D eigenvalue weighted by molar-refractivity contribution is 7.18. The number of aliphatic hydroxyl groups is 1. The van der Waals surface area contributed by atoms with Gasteiger partial charge in [-0.1, -0.05) is 50.1 Å². The summed E-state index contributed by atoms with van der Waals surface area (Å²) in [4.78, 5) is 4.28. The standard InChI is InChI=1S/C26H38F3NO2SSi/c1-18(10-9-11-19(2)17-32-34(7,8)24(4,5)6)14-15-25(31,26(27,28)29)21-12-13-23-22(16-21)30-20(3)33-23/h11-14,16,31H,9-10,15,17H2,1-8H3. The number of hydrogen-bond donors (Lipinski definition) is 1. The van der Waals surface area contributed by atoms with E-state index in [9.17, 15) is 18.3 Å². The molecule has 8 heteroatoms. The van der Waals surface area contributed by atoms with E-state index in [1.165, 1.54) is 29.5 Å². The number of allylic oxidation sites excluding steroid dienone is 2. The van der Waals surface area contributed by atoms with E-state index in [2.05, 4.69) is 44.9 Å². The number of nitrogens with zero attached hydrogens (tertiary/aromatic N) is 1. The lowest BCUT2D eigenvalue weighted by molar-refractivity contribution is -0.265. The molecule has 0 radical (unpaired) electrons. The van der Waals surface area contributed by atoms with E-state index in [1.807, 2.05) is 13.8 Å². The molecular formula is C26H38F3NO2SSi. The van der Waals surface area contributed by atoms with Gasteiger partial charge in [0.1, 0.15) is 0 Å². The van der Waals surface area contributed by atoms with Crippen molar-refractivity contribution in [2.45, 2.75) is 90.7 Å². The predicted octanol–water partition coefficient (Wildman–Crippen LogP) is 8.44. The molecule has 1 aromatic heterocycles. The maximum absolute atomic E-state index is 14.0. The molecule has 0 aliphatic rings. The lowest BCUT2D eigenvalue weighted by Crippen LogP contribution is -2.42. The molecule has 1 atom stereocenters.